The van der Waals surface area contributed by atoms with Crippen molar-refractivity contribution in [3.63, 3.8) is 0 Å². The van der Waals surface area contributed by atoms with Crippen molar-refractivity contribution in [1.29, 1.82) is 0 Å². The van der Waals surface area contributed by atoms with Gasteiger partial charge < -0.3 is 10.6 Å². The van der Waals surface area contributed by atoms with Gasteiger partial charge in [-0.1, -0.05) is 0 Å². The largest absolute Gasteiger partial charge is 0.369 e. The number of hydrogen-bond acceptors (Lipinski definition) is 2. The molecule has 0 bridgehead atoms. The molecule has 0 saturated heterocycles. The smallest absolute Gasteiger partial charge is 0.250 e. The first kappa shape index (κ1) is 10.3. The van der Waals surface area contributed by atoms with E-state index in [0.717, 1.165) is 19.3 Å². The molecular weight excluding hydrogens is 322 g/mol. The molecule has 5 heteroatoms. The highest BCUT2D eigenvalue weighted by Gasteiger charge is 2.47. The predicted molar refractivity (Wildman–Crippen MR) is 68.0 cm³/mol. The van der Waals surface area contributed by atoms with Crippen LogP contribution in [0.1, 0.15) is 19.3 Å². The highest BCUT2D eigenvalue weighted by molar-refractivity contribution is 14.1. The van der Waals surface area contributed by atoms with Gasteiger partial charge in [-0.05, 0) is 47.9 Å². The summed E-state index contributed by atoms with van der Waals surface area (Å²) in [7, 11) is 0. The number of hydrogen-bond donors (Lipinski definition) is 2. The van der Waals surface area contributed by atoms with Crippen LogP contribution in [-0.4, -0.2) is 11.4 Å². The number of nitrogens with one attached hydrogen (secondary N) is 2. The number of carbonyl (C=O) groups excluding carboxylic acids is 1. The maximum atomic E-state index is 13.4. The van der Waals surface area contributed by atoms with Gasteiger partial charge in [0.15, 0.2) is 0 Å². The second-order valence-corrected chi connectivity index (χ2v) is 5.49. The Morgan fingerprint density at radius 3 is 2.69 bits per heavy atom. The zero-order valence-electron chi connectivity index (χ0n) is 8.44. The molecule has 1 aromatic rings. The molecule has 3 nitrogen and oxygen atoms in total. The van der Waals surface area contributed by atoms with Crippen LogP contribution in [0.4, 0.5) is 15.8 Å². The van der Waals surface area contributed by atoms with Crippen molar-refractivity contribution in [2.24, 2.45) is 0 Å². The zero-order valence-corrected chi connectivity index (χ0v) is 10.6. The molecule has 2 N–H and O–H groups in total. The summed E-state index contributed by atoms with van der Waals surface area (Å²) in [4.78, 5) is 11.9. The fourth-order valence-corrected chi connectivity index (χ4v) is 2.66. The van der Waals surface area contributed by atoms with E-state index in [2.05, 4.69) is 10.6 Å². The second-order valence-electron chi connectivity index (χ2n) is 4.33. The van der Waals surface area contributed by atoms with Gasteiger partial charge in [0.05, 0.1) is 14.9 Å². The lowest BCUT2D eigenvalue weighted by Gasteiger charge is -2.44. The van der Waals surface area contributed by atoms with Crippen molar-refractivity contribution in [3.05, 3.63) is 21.5 Å². The Balaban J connectivity index is 2.05. The maximum absolute atomic E-state index is 13.4. The average Bonchev–Trinajstić information content (AvgIpc) is 2.17. The lowest BCUT2D eigenvalue weighted by atomic mass is 9.74. The molecule has 2 aliphatic rings. The minimum atomic E-state index is -0.480. The SMILES string of the molecule is O=C1Nc2cc(I)c(F)cc2NC12CCC2. The number of rotatable bonds is 0. The van der Waals surface area contributed by atoms with Crippen LogP contribution >= 0.6 is 22.6 Å². The molecular formula is C11H10FIN2O. The molecule has 1 aliphatic heterocycles. The van der Waals surface area contributed by atoms with E-state index in [4.69, 9.17) is 0 Å². The van der Waals surface area contributed by atoms with Crippen LogP contribution < -0.4 is 10.6 Å². The topological polar surface area (TPSA) is 41.1 Å². The van der Waals surface area contributed by atoms with Crippen LogP contribution in [0.3, 0.4) is 0 Å². The van der Waals surface area contributed by atoms with Gasteiger partial charge in [0.2, 0.25) is 5.91 Å². The molecule has 0 radical (unpaired) electrons. The lowest BCUT2D eigenvalue weighted by Crippen LogP contribution is -2.57. The van der Waals surface area contributed by atoms with Gasteiger partial charge in [-0.2, -0.15) is 0 Å². The van der Waals surface area contributed by atoms with Crippen LogP contribution in [-0.2, 0) is 4.79 Å². The van der Waals surface area contributed by atoms with E-state index in [0.29, 0.717) is 14.9 Å². The first-order chi connectivity index (χ1) is 7.61. The van der Waals surface area contributed by atoms with Crippen LogP contribution in [0.2, 0.25) is 0 Å². The van der Waals surface area contributed by atoms with Gasteiger partial charge in [0.25, 0.3) is 0 Å². The van der Waals surface area contributed by atoms with Gasteiger partial charge in [-0.25, -0.2) is 4.39 Å². The minimum Gasteiger partial charge on any atom is -0.369 e. The molecule has 1 fully saturated rings. The van der Waals surface area contributed by atoms with Crippen molar-refractivity contribution in [2.45, 2.75) is 24.8 Å². The summed E-state index contributed by atoms with van der Waals surface area (Å²) >= 11 is 1.92. The van der Waals surface area contributed by atoms with E-state index in [9.17, 15) is 9.18 Å². The molecule has 1 saturated carbocycles. The molecule has 1 amide bonds. The van der Waals surface area contributed by atoms with Crippen LogP contribution in [0.5, 0.6) is 0 Å². The van der Waals surface area contributed by atoms with Crippen LogP contribution in [0, 0.1) is 9.39 Å². The summed E-state index contributed by atoms with van der Waals surface area (Å²) in [6.45, 7) is 0. The third-order valence-electron chi connectivity index (χ3n) is 3.32. The van der Waals surface area contributed by atoms with Gasteiger partial charge in [0.1, 0.15) is 11.4 Å². The lowest BCUT2D eigenvalue weighted by molar-refractivity contribution is -0.123. The number of halogens is 2. The van der Waals surface area contributed by atoms with E-state index in [-0.39, 0.29) is 11.7 Å². The normalized spacial score (nSPS) is 20.8. The summed E-state index contributed by atoms with van der Waals surface area (Å²) in [5, 5.41) is 6.02. The van der Waals surface area contributed by atoms with E-state index in [1.165, 1.54) is 6.07 Å². The fourth-order valence-electron chi connectivity index (χ4n) is 2.19. The maximum Gasteiger partial charge on any atom is 0.250 e. The monoisotopic (exact) mass is 332 g/mol. The van der Waals surface area contributed by atoms with Gasteiger partial charge in [-0.3, -0.25) is 4.79 Å². The van der Waals surface area contributed by atoms with E-state index in [1.54, 1.807) is 6.07 Å². The second kappa shape index (κ2) is 3.32. The Kier molecular flexibility index (Phi) is 2.14. The predicted octanol–water partition coefficient (Wildman–Crippen LogP) is 2.72. The van der Waals surface area contributed by atoms with Crippen molar-refractivity contribution < 1.29 is 9.18 Å². The van der Waals surface area contributed by atoms with E-state index in [1.807, 2.05) is 22.6 Å². The van der Waals surface area contributed by atoms with Gasteiger partial charge in [-0.15, -0.1) is 0 Å². The number of carbonyl (C=O) groups is 1. The fraction of sp³-hybridized carbons (Fsp3) is 0.364. The number of anilines is 2. The summed E-state index contributed by atoms with van der Waals surface area (Å²) in [6, 6.07) is 3.11. The molecule has 0 atom stereocenters. The molecule has 84 valence electrons. The van der Waals surface area contributed by atoms with E-state index < -0.39 is 5.54 Å². The van der Waals surface area contributed by atoms with E-state index >= 15 is 0 Å². The summed E-state index contributed by atoms with van der Waals surface area (Å²) < 4.78 is 13.9. The Morgan fingerprint density at radius 1 is 1.31 bits per heavy atom. The summed E-state index contributed by atoms with van der Waals surface area (Å²) in [6.07, 6.45) is 2.69. The standard InChI is InChI=1S/C11H10FIN2O/c12-6-4-9-8(5-7(6)13)14-10(16)11(15-9)2-1-3-11/h4-5,15H,1-3H2,(H,14,16). The Hall–Kier alpha value is -0.850. The molecule has 1 aromatic carbocycles. The molecule has 0 aromatic heterocycles. The van der Waals surface area contributed by atoms with Crippen LogP contribution in [0.15, 0.2) is 12.1 Å². The number of fused-ring (bicyclic) bond motifs is 1. The molecule has 1 aliphatic carbocycles. The Morgan fingerprint density at radius 2 is 2.06 bits per heavy atom. The number of benzene rings is 1. The van der Waals surface area contributed by atoms with Crippen molar-refractivity contribution in [2.75, 3.05) is 10.6 Å². The first-order valence-electron chi connectivity index (χ1n) is 5.19. The molecule has 1 spiro atoms. The Bertz CT molecular complexity index is 485. The third-order valence-corrected chi connectivity index (χ3v) is 4.15. The first-order valence-corrected chi connectivity index (χ1v) is 6.27. The molecule has 3 rings (SSSR count). The molecule has 0 unspecified atom stereocenters. The van der Waals surface area contributed by atoms with Gasteiger partial charge in [0, 0.05) is 6.07 Å². The highest BCUT2D eigenvalue weighted by atomic mass is 127. The highest BCUT2D eigenvalue weighted by Crippen LogP contribution is 2.42. The quantitative estimate of drug-likeness (QED) is 0.718. The van der Waals surface area contributed by atoms with Crippen molar-refractivity contribution >= 4 is 39.9 Å². The molecule has 1 heterocycles. The number of amides is 1. The van der Waals surface area contributed by atoms with Crippen molar-refractivity contribution in [3.8, 4) is 0 Å². The summed E-state index contributed by atoms with van der Waals surface area (Å²) in [5.74, 6) is -0.244. The third kappa shape index (κ3) is 1.33. The Labute approximate surface area is 106 Å². The van der Waals surface area contributed by atoms with Crippen LogP contribution in [0.25, 0.3) is 0 Å². The molecule has 16 heavy (non-hydrogen) atoms. The van der Waals surface area contributed by atoms with Gasteiger partial charge >= 0.3 is 0 Å². The average molecular weight is 332 g/mol. The van der Waals surface area contributed by atoms with Crippen molar-refractivity contribution in [1.82, 2.24) is 0 Å². The zero-order chi connectivity index (χ0) is 11.3. The minimum absolute atomic E-state index is 0.00802. The summed E-state index contributed by atoms with van der Waals surface area (Å²) in [5.41, 5.74) is 0.886.